The van der Waals surface area contributed by atoms with Crippen molar-refractivity contribution in [1.82, 2.24) is 9.21 Å². The number of benzene rings is 1. The van der Waals surface area contributed by atoms with Gasteiger partial charge in [0, 0.05) is 26.2 Å². The Balaban J connectivity index is 1.46. The van der Waals surface area contributed by atoms with Crippen LogP contribution in [0.4, 0.5) is 0 Å². The van der Waals surface area contributed by atoms with E-state index in [1.165, 1.54) is 4.31 Å². The van der Waals surface area contributed by atoms with Gasteiger partial charge < -0.3 is 10.0 Å². The molecule has 1 aromatic rings. The van der Waals surface area contributed by atoms with Crippen molar-refractivity contribution in [3.63, 3.8) is 0 Å². The molecule has 29 heavy (non-hydrogen) atoms. The summed E-state index contributed by atoms with van der Waals surface area (Å²) in [4.78, 5) is 26.8. The normalized spacial score (nSPS) is 29.9. The lowest BCUT2D eigenvalue weighted by molar-refractivity contribution is -0.153. The second-order valence-corrected chi connectivity index (χ2v) is 10.6. The Morgan fingerprint density at radius 1 is 1.00 bits per heavy atom. The van der Waals surface area contributed by atoms with Gasteiger partial charge in [0.15, 0.2) is 0 Å². The van der Waals surface area contributed by atoms with Gasteiger partial charge in [-0.15, -0.1) is 0 Å². The van der Waals surface area contributed by atoms with Crippen molar-refractivity contribution in [3.05, 3.63) is 29.3 Å². The molecule has 4 atom stereocenters. The van der Waals surface area contributed by atoms with Gasteiger partial charge in [0.25, 0.3) is 0 Å². The number of aliphatic carboxylic acids is 1. The van der Waals surface area contributed by atoms with Crippen molar-refractivity contribution in [3.8, 4) is 0 Å². The number of carbonyl (C=O) groups is 2. The second-order valence-electron chi connectivity index (χ2n) is 8.72. The van der Waals surface area contributed by atoms with E-state index in [4.69, 9.17) is 0 Å². The quantitative estimate of drug-likeness (QED) is 0.803. The van der Waals surface area contributed by atoms with Crippen LogP contribution in [0, 0.1) is 37.5 Å². The topological polar surface area (TPSA) is 95.0 Å². The van der Waals surface area contributed by atoms with Crippen LogP contribution in [0.3, 0.4) is 0 Å². The third-order valence-electron chi connectivity index (χ3n) is 7.00. The van der Waals surface area contributed by atoms with E-state index in [9.17, 15) is 23.1 Å². The number of aryl methyl sites for hydroxylation is 2. The zero-order valence-corrected chi connectivity index (χ0v) is 17.7. The van der Waals surface area contributed by atoms with E-state index in [-0.39, 0.29) is 30.8 Å². The lowest BCUT2D eigenvalue weighted by atomic mass is 9.78. The fraction of sp³-hybridized carbons (Fsp3) is 0.619. The van der Waals surface area contributed by atoms with Crippen LogP contribution < -0.4 is 0 Å². The summed E-state index contributed by atoms with van der Waals surface area (Å²) < 4.78 is 27.6. The van der Waals surface area contributed by atoms with Crippen molar-refractivity contribution in [2.24, 2.45) is 23.7 Å². The van der Waals surface area contributed by atoms with Crippen molar-refractivity contribution >= 4 is 21.9 Å². The van der Waals surface area contributed by atoms with Crippen molar-refractivity contribution in [2.45, 2.75) is 38.0 Å². The number of carboxylic acids is 1. The van der Waals surface area contributed by atoms with Crippen LogP contribution in [0.25, 0.3) is 0 Å². The van der Waals surface area contributed by atoms with Gasteiger partial charge in [0.2, 0.25) is 15.9 Å². The minimum Gasteiger partial charge on any atom is -0.481 e. The first-order chi connectivity index (χ1) is 13.7. The summed E-state index contributed by atoms with van der Waals surface area (Å²) in [6, 6.07) is 5.39. The highest BCUT2D eigenvalue weighted by atomic mass is 32.2. The maximum atomic E-state index is 13.1. The summed E-state index contributed by atoms with van der Waals surface area (Å²) in [5.41, 5.74) is 1.60. The summed E-state index contributed by atoms with van der Waals surface area (Å²) in [6.07, 6.45) is 2.65. The lowest BCUT2D eigenvalue weighted by Crippen LogP contribution is -2.53. The number of sulfonamides is 1. The molecule has 3 aliphatic rings. The molecule has 0 aromatic heterocycles. The van der Waals surface area contributed by atoms with Crippen molar-refractivity contribution in [1.29, 1.82) is 0 Å². The van der Waals surface area contributed by atoms with E-state index >= 15 is 0 Å². The van der Waals surface area contributed by atoms with Crippen LogP contribution in [0.5, 0.6) is 0 Å². The highest BCUT2D eigenvalue weighted by molar-refractivity contribution is 7.89. The van der Waals surface area contributed by atoms with Crippen LogP contribution >= 0.6 is 0 Å². The predicted octanol–water partition coefficient (Wildman–Crippen LogP) is 1.88. The molecule has 1 saturated heterocycles. The van der Waals surface area contributed by atoms with E-state index in [2.05, 4.69) is 0 Å². The Kier molecular flexibility index (Phi) is 5.19. The van der Waals surface area contributed by atoms with E-state index in [0.717, 1.165) is 24.8 Å². The zero-order chi connectivity index (χ0) is 20.9. The number of piperazine rings is 1. The van der Waals surface area contributed by atoms with E-state index < -0.39 is 27.8 Å². The molecule has 2 bridgehead atoms. The molecule has 0 spiro atoms. The van der Waals surface area contributed by atoms with Crippen LogP contribution in [-0.4, -0.2) is 60.8 Å². The molecule has 3 fully saturated rings. The molecule has 1 amide bonds. The lowest BCUT2D eigenvalue weighted by Gasteiger charge is -2.38. The molecule has 8 heteroatoms. The first kappa shape index (κ1) is 20.3. The second kappa shape index (κ2) is 7.40. The van der Waals surface area contributed by atoms with Gasteiger partial charge in [-0.3, -0.25) is 9.59 Å². The third kappa shape index (κ3) is 3.46. The van der Waals surface area contributed by atoms with Gasteiger partial charge in [-0.1, -0.05) is 12.1 Å². The summed E-state index contributed by atoms with van der Waals surface area (Å²) in [6.45, 7) is 4.74. The Morgan fingerprint density at radius 3 is 2.24 bits per heavy atom. The summed E-state index contributed by atoms with van der Waals surface area (Å²) in [5, 5.41) is 9.62. The minimum atomic E-state index is -3.61. The molecule has 4 rings (SSSR count). The van der Waals surface area contributed by atoms with Gasteiger partial charge in [-0.2, -0.15) is 4.31 Å². The number of carboxylic acid groups (broad SMARTS) is 1. The van der Waals surface area contributed by atoms with Crippen LogP contribution in [-0.2, 0) is 19.6 Å². The Hall–Kier alpha value is -1.93. The number of nitrogens with zero attached hydrogens (tertiary/aromatic N) is 2. The minimum absolute atomic E-state index is 0.103. The third-order valence-corrected chi connectivity index (χ3v) is 9.04. The first-order valence-corrected chi connectivity index (χ1v) is 11.7. The average Bonchev–Trinajstić information content (AvgIpc) is 3.31. The molecule has 1 aliphatic heterocycles. The largest absolute Gasteiger partial charge is 0.481 e. The summed E-state index contributed by atoms with van der Waals surface area (Å²) in [5.74, 6) is -1.74. The molecule has 1 aromatic carbocycles. The monoisotopic (exact) mass is 420 g/mol. The number of carbonyl (C=O) groups excluding carboxylic acids is 1. The van der Waals surface area contributed by atoms with E-state index in [0.29, 0.717) is 23.5 Å². The molecular formula is C21H28N2O5S. The van der Waals surface area contributed by atoms with Gasteiger partial charge in [0.05, 0.1) is 16.7 Å². The number of amides is 1. The summed E-state index contributed by atoms with van der Waals surface area (Å²) >= 11 is 0. The predicted molar refractivity (Wildman–Crippen MR) is 107 cm³/mol. The van der Waals surface area contributed by atoms with E-state index in [1.807, 2.05) is 19.1 Å². The van der Waals surface area contributed by atoms with Crippen LogP contribution in [0.2, 0.25) is 0 Å². The van der Waals surface area contributed by atoms with Gasteiger partial charge in [-0.05, 0) is 62.1 Å². The standard InChI is InChI=1S/C21H28N2O5S/c1-13-3-4-14(2)17(11-13)29(27,28)23-9-7-22(8-10-23)20(24)18-15-5-6-16(12-15)19(18)21(25)26/h3-4,11,15-16,18-19H,5-10,12H2,1-2H3,(H,25,26). The highest BCUT2D eigenvalue weighted by Crippen LogP contribution is 2.53. The molecular weight excluding hydrogens is 392 g/mol. The zero-order valence-electron chi connectivity index (χ0n) is 16.9. The molecule has 1 heterocycles. The van der Waals surface area contributed by atoms with Gasteiger partial charge >= 0.3 is 5.97 Å². The number of hydrogen-bond acceptors (Lipinski definition) is 4. The first-order valence-electron chi connectivity index (χ1n) is 10.3. The highest BCUT2D eigenvalue weighted by Gasteiger charge is 2.55. The fourth-order valence-corrected chi connectivity index (χ4v) is 7.22. The van der Waals surface area contributed by atoms with Crippen LogP contribution in [0.15, 0.2) is 23.1 Å². The van der Waals surface area contributed by atoms with Gasteiger partial charge in [0.1, 0.15) is 0 Å². The van der Waals surface area contributed by atoms with Crippen molar-refractivity contribution < 1.29 is 23.1 Å². The maximum Gasteiger partial charge on any atom is 0.307 e. The number of rotatable bonds is 4. The molecule has 4 unspecified atom stereocenters. The summed E-state index contributed by atoms with van der Waals surface area (Å²) in [7, 11) is -3.61. The SMILES string of the molecule is Cc1ccc(C)c(S(=O)(=O)N2CCN(C(=O)C3C4CCC(C4)C3C(=O)O)CC2)c1. The average molecular weight is 421 g/mol. The Bertz CT molecular complexity index is 936. The van der Waals surface area contributed by atoms with Crippen LogP contribution in [0.1, 0.15) is 30.4 Å². The molecule has 1 N–H and O–H groups in total. The maximum absolute atomic E-state index is 13.1. The molecule has 0 radical (unpaired) electrons. The molecule has 2 aliphatic carbocycles. The van der Waals surface area contributed by atoms with Gasteiger partial charge in [-0.25, -0.2) is 8.42 Å². The van der Waals surface area contributed by atoms with E-state index in [1.54, 1.807) is 17.9 Å². The van der Waals surface area contributed by atoms with Crippen molar-refractivity contribution in [2.75, 3.05) is 26.2 Å². The number of fused-ring (bicyclic) bond motifs is 2. The molecule has 7 nitrogen and oxygen atoms in total. The smallest absolute Gasteiger partial charge is 0.307 e. The Morgan fingerprint density at radius 2 is 1.62 bits per heavy atom. The fourth-order valence-electron chi connectivity index (χ4n) is 5.49. The molecule has 2 saturated carbocycles. The molecule has 158 valence electrons. The number of hydrogen-bond donors (Lipinski definition) is 1. The Labute approximate surface area is 171 Å².